The fraction of sp³-hybridized carbons (Fsp3) is 0.333. The van der Waals surface area contributed by atoms with Crippen molar-refractivity contribution in [2.75, 3.05) is 5.32 Å². The summed E-state index contributed by atoms with van der Waals surface area (Å²) in [7, 11) is 0. The van der Waals surface area contributed by atoms with E-state index in [1.54, 1.807) is 6.92 Å². The van der Waals surface area contributed by atoms with Crippen LogP contribution in [0.5, 0.6) is 0 Å². The van der Waals surface area contributed by atoms with E-state index in [1.165, 1.54) is 37.3 Å². The molecule has 0 saturated carbocycles. The molecule has 0 saturated heterocycles. The molecule has 0 aliphatic rings. The van der Waals surface area contributed by atoms with Crippen LogP contribution in [-0.4, -0.2) is 31.7 Å². The Morgan fingerprint density at radius 1 is 1.45 bits per heavy atom. The third-order valence-corrected chi connectivity index (χ3v) is 2.90. The van der Waals surface area contributed by atoms with Gasteiger partial charge in [-0.25, -0.2) is 9.78 Å². The average Bonchev–Trinajstić information content (AvgIpc) is 2.97. The first-order chi connectivity index (χ1) is 9.32. The predicted molar refractivity (Wildman–Crippen MR) is 68.4 cm³/mol. The Bertz CT molecular complexity index is 656. The molecule has 1 amide bonds. The van der Waals surface area contributed by atoms with Crippen molar-refractivity contribution in [3.8, 4) is 0 Å². The summed E-state index contributed by atoms with van der Waals surface area (Å²) >= 11 is 0. The summed E-state index contributed by atoms with van der Waals surface area (Å²) < 4.78 is 6.21. The van der Waals surface area contributed by atoms with Crippen molar-refractivity contribution in [3.05, 3.63) is 30.2 Å². The summed E-state index contributed by atoms with van der Waals surface area (Å²) in [5.74, 6) is -1.06. The lowest BCUT2D eigenvalue weighted by molar-refractivity contribution is -0.146. The number of carboxylic acids is 1. The van der Waals surface area contributed by atoms with Crippen molar-refractivity contribution in [3.63, 3.8) is 0 Å². The minimum atomic E-state index is -1.20. The van der Waals surface area contributed by atoms with E-state index >= 15 is 0 Å². The minimum Gasteiger partial charge on any atom is -0.479 e. The zero-order valence-electron chi connectivity index (χ0n) is 11.2. The van der Waals surface area contributed by atoms with Gasteiger partial charge in [-0.1, -0.05) is 0 Å². The van der Waals surface area contributed by atoms with Gasteiger partial charge in [-0.2, -0.15) is 5.10 Å². The Morgan fingerprint density at radius 2 is 2.15 bits per heavy atom. The highest BCUT2D eigenvalue weighted by Crippen LogP contribution is 2.18. The van der Waals surface area contributed by atoms with Gasteiger partial charge in [-0.15, -0.1) is 0 Å². The largest absolute Gasteiger partial charge is 0.479 e. The van der Waals surface area contributed by atoms with Crippen LogP contribution in [0.2, 0.25) is 0 Å². The molecule has 0 aliphatic carbocycles. The number of nitrogens with zero attached hydrogens (tertiary/aromatic N) is 3. The van der Waals surface area contributed by atoms with Crippen molar-refractivity contribution in [2.24, 2.45) is 0 Å². The van der Waals surface area contributed by atoms with Crippen LogP contribution in [0.1, 0.15) is 30.1 Å². The third kappa shape index (κ3) is 2.40. The normalized spacial score (nSPS) is 11.3. The van der Waals surface area contributed by atoms with Crippen LogP contribution in [0.4, 0.5) is 5.69 Å². The van der Waals surface area contributed by atoms with E-state index < -0.39 is 17.4 Å². The highest BCUT2D eigenvalue weighted by atomic mass is 16.4. The number of aromatic nitrogens is 3. The van der Waals surface area contributed by atoms with Crippen molar-refractivity contribution in [2.45, 2.75) is 26.3 Å². The number of carbonyl (C=O) groups is 2. The molecule has 0 spiro atoms. The Morgan fingerprint density at radius 3 is 2.70 bits per heavy atom. The molecule has 2 N–H and O–H groups in total. The maximum Gasteiger partial charge on any atom is 0.331 e. The predicted octanol–water partition coefficient (Wildman–Crippen LogP) is 1.25. The number of hydrogen-bond acceptors (Lipinski definition) is 5. The molecule has 8 heteroatoms. The van der Waals surface area contributed by atoms with E-state index in [-0.39, 0.29) is 5.69 Å². The van der Waals surface area contributed by atoms with Crippen LogP contribution >= 0.6 is 0 Å². The van der Waals surface area contributed by atoms with E-state index in [2.05, 4.69) is 15.4 Å². The standard InChI is InChI=1S/C12H14N4O4/c1-7-9(13-6-20-7)10(17)15-8-4-14-16(5-8)12(2,3)11(18)19/h4-6H,1-3H3,(H,15,17)(H,18,19). The van der Waals surface area contributed by atoms with Crippen LogP contribution < -0.4 is 5.32 Å². The fourth-order valence-electron chi connectivity index (χ4n) is 1.50. The molecule has 0 atom stereocenters. The molecule has 106 valence electrons. The number of rotatable bonds is 4. The summed E-state index contributed by atoms with van der Waals surface area (Å²) in [5.41, 5.74) is -0.644. The molecule has 2 aromatic heterocycles. The van der Waals surface area contributed by atoms with Crippen LogP contribution in [-0.2, 0) is 10.3 Å². The van der Waals surface area contributed by atoms with Gasteiger partial charge in [-0.3, -0.25) is 9.48 Å². The van der Waals surface area contributed by atoms with Gasteiger partial charge in [0, 0.05) is 6.20 Å². The van der Waals surface area contributed by atoms with Crippen LogP contribution in [0.3, 0.4) is 0 Å². The molecular weight excluding hydrogens is 264 g/mol. The molecule has 0 fully saturated rings. The summed E-state index contributed by atoms with van der Waals surface area (Å²) in [6.45, 7) is 4.64. The second kappa shape index (κ2) is 4.80. The smallest absolute Gasteiger partial charge is 0.331 e. The Balaban J connectivity index is 2.17. The summed E-state index contributed by atoms with van der Waals surface area (Å²) in [6, 6.07) is 0. The topological polar surface area (TPSA) is 110 Å². The number of aliphatic carboxylic acids is 1. The molecule has 0 unspecified atom stereocenters. The molecule has 20 heavy (non-hydrogen) atoms. The molecule has 2 heterocycles. The molecule has 0 radical (unpaired) electrons. The lowest BCUT2D eigenvalue weighted by Gasteiger charge is -2.19. The number of aryl methyl sites for hydroxylation is 1. The zero-order chi connectivity index (χ0) is 14.9. The van der Waals surface area contributed by atoms with Gasteiger partial charge in [0.1, 0.15) is 5.76 Å². The van der Waals surface area contributed by atoms with Crippen molar-refractivity contribution >= 4 is 17.6 Å². The van der Waals surface area contributed by atoms with E-state index in [4.69, 9.17) is 9.52 Å². The number of hydrogen-bond donors (Lipinski definition) is 2. The van der Waals surface area contributed by atoms with Gasteiger partial charge in [0.05, 0.1) is 11.9 Å². The van der Waals surface area contributed by atoms with E-state index in [1.807, 2.05) is 0 Å². The maximum atomic E-state index is 11.9. The lowest BCUT2D eigenvalue weighted by atomic mass is 10.1. The van der Waals surface area contributed by atoms with Gasteiger partial charge >= 0.3 is 5.97 Å². The fourth-order valence-corrected chi connectivity index (χ4v) is 1.50. The lowest BCUT2D eigenvalue weighted by Crippen LogP contribution is -2.35. The van der Waals surface area contributed by atoms with Crippen molar-refractivity contribution < 1.29 is 19.1 Å². The maximum absolute atomic E-state index is 11.9. The monoisotopic (exact) mass is 278 g/mol. The minimum absolute atomic E-state index is 0.176. The summed E-state index contributed by atoms with van der Waals surface area (Å²) in [4.78, 5) is 26.8. The van der Waals surface area contributed by atoms with Gasteiger partial charge in [-0.05, 0) is 20.8 Å². The van der Waals surface area contributed by atoms with E-state index in [0.717, 1.165) is 0 Å². The van der Waals surface area contributed by atoms with Gasteiger partial charge in [0.25, 0.3) is 5.91 Å². The second-order valence-corrected chi connectivity index (χ2v) is 4.75. The highest BCUT2D eigenvalue weighted by Gasteiger charge is 2.30. The molecule has 2 rings (SSSR count). The number of carboxylic acid groups (broad SMARTS) is 1. The molecule has 0 bridgehead atoms. The van der Waals surface area contributed by atoms with E-state index in [0.29, 0.717) is 11.4 Å². The van der Waals surface area contributed by atoms with Crippen molar-refractivity contribution in [1.82, 2.24) is 14.8 Å². The number of anilines is 1. The molecule has 8 nitrogen and oxygen atoms in total. The van der Waals surface area contributed by atoms with Crippen LogP contribution in [0.15, 0.2) is 23.2 Å². The highest BCUT2D eigenvalue weighted by molar-refractivity contribution is 6.03. The molecule has 0 aromatic carbocycles. The quantitative estimate of drug-likeness (QED) is 0.870. The molecule has 2 aromatic rings. The number of oxazole rings is 1. The van der Waals surface area contributed by atoms with Gasteiger partial charge < -0.3 is 14.8 Å². The third-order valence-electron chi connectivity index (χ3n) is 2.90. The molecule has 0 aliphatic heterocycles. The first-order valence-corrected chi connectivity index (χ1v) is 5.82. The van der Waals surface area contributed by atoms with Crippen molar-refractivity contribution in [1.29, 1.82) is 0 Å². The van der Waals surface area contributed by atoms with E-state index in [9.17, 15) is 9.59 Å². The first-order valence-electron chi connectivity index (χ1n) is 5.82. The summed E-state index contributed by atoms with van der Waals surface area (Å²) in [5, 5.41) is 15.6. The summed E-state index contributed by atoms with van der Waals surface area (Å²) in [6.07, 6.45) is 4.00. The second-order valence-electron chi connectivity index (χ2n) is 4.75. The Labute approximate surface area is 114 Å². The number of carbonyl (C=O) groups excluding carboxylic acids is 1. The average molecular weight is 278 g/mol. The number of amides is 1. The Kier molecular flexibility index (Phi) is 3.31. The first kappa shape index (κ1) is 13.8. The zero-order valence-corrected chi connectivity index (χ0v) is 11.2. The van der Waals surface area contributed by atoms with Crippen LogP contribution in [0.25, 0.3) is 0 Å². The molecular formula is C12H14N4O4. The number of nitrogens with one attached hydrogen (secondary N) is 1. The van der Waals surface area contributed by atoms with Gasteiger partial charge in [0.2, 0.25) is 0 Å². The SMILES string of the molecule is Cc1ocnc1C(=O)Nc1cnn(C(C)(C)C(=O)O)c1. The van der Waals surface area contributed by atoms with Gasteiger partial charge in [0.15, 0.2) is 17.6 Å². The van der Waals surface area contributed by atoms with Crippen LogP contribution in [0, 0.1) is 6.92 Å². The Hall–Kier alpha value is -2.64.